The molecule has 0 unspecified atom stereocenters. The summed E-state index contributed by atoms with van der Waals surface area (Å²) in [6, 6.07) is 0. The Kier molecular flexibility index (Phi) is 1.67. The van der Waals surface area contributed by atoms with E-state index in [1.54, 1.807) is 0 Å². The van der Waals surface area contributed by atoms with Crippen molar-refractivity contribution >= 4 is 5.91 Å². The van der Waals surface area contributed by atoms with Crippen LogP contribution in [0.2, 0.25) is 0 Å². The van der Waals surface area contributed by atoms with Crippen LogP contribution in [-0.2, 0) is 4.79 Å². The molecule has 0 aromatic carbocycles. The molecule has 1 heterocycles. The molecule has 0 aromatic rings. The Morgan fingerprint density at radius 2 is 2.00 bits per heavy atom. The van der Waals surface area contributed by atoms with Crippen molar-refractivity contribution in [2.75, 3.05) is 13.1 Å². The lowest BCUT2D eigenvalue weighted by Crippen LogP contribution is -2.55. The first-order valence-electron chi connectivity index (χ1n) is 4.85. The number of likely N-dealkylation sites (tertiary alicyclic amines) is 1. The Morgan fingerprint density at radius 3 is 2.42 bits per heavy atom. The monoisotopic (exact) mass is 167 g/mol. The van der Waals surface area contributed by atoms with E-state index < -0.39 is 0 Å². The van der Waals surface area contributed by atoms with Crippen LogP contribution in [0.1, 0.15) is 33.1 Å². The van der Waals surface area contributed by atoms with Crippen LogP contribution in [0, 0.1) is 11.3 Å². The van der Waals surface area contributed by atoms with Gasteiger partial charge in [-0.2, -0.15) is 0 Å². The average Bonchev–Trinajstić information content (AvgIpc) is 2.66. The molecule has 1 aliphatic carbocycles. The van der Waals surface area contributed by atoms with E-state index in [2.05, 4.69) is 13.8 Å². The van der Waals surface area contributed by atoms with Gasteiger partial charge in [-0.3, -0.25) is 4.79 Å². The highest BCUT2D eigenvalue weighted by Crippen LogP contribution is 2.35. The van der Waals surface area contributed by atoms with E-state index >= 15 is 0 Å². The van der Waals surface area contributed by atoms with Gasteiger partial charge in [-0.05, 0) is 24.2 Å². The third-order valence-electron chi connectivity index (χ3n) is 2.75. The number of hydrogen-bond donors (Lipinski definition) is 0. The third kappa shape index (κ3) is 1.62. The zero-order valence-corrected chi connectivity index (χ0v) is 7.97. The van der Waals surface area contributed by atoms with E-state index in [-0.39, 0.29) is 0 Å². The molecule has 0 atom stereocenters. The van der Waals surface area contributed by atoms with Crippen molar-refractivity contribution in [3.63, 3.8) is 0 Å². The summed E-state index contributed by atoms with van der Waals surface area (Å²) in [6.07, 6.45) is 3.38. The second-order valence-electron chi connectivity index (χ2n) is 5.06. The lowest BCUT2D eigenvalue weighted by atomic mass is 9.84. The highest BCUT2D eigenvalue weighted by atomic mass is 16.2. The van der Waals surface area contributed by atoms with Crippen LogP contribution in [0.15, 0.2) is 0 Å². The quantitative estimate of drug-likeness (QED) is 0.612. The predicted molar refractivity (Wildman–Crippen MR) is 47.7 cm³/mol. The smallest absolute Gasteiger partial charge is 0.222 e. The Hall–Kier alpha value is -0.530. The lowest BCUT2D eigenvalue weighted by molar-refractivity contribution is -0.141. The summed E-state index contributed by atoms with van der Waals surface area (Å²) in [4.78, 5) is 13.5. The summed E-state index contributed by atoms with van der Waals surface area (Å²) in [5.74, 6) is 1.12. The van der Waals surface area contributed by atoms with Crippen molar-refractivity contribution in [2.24, 2.45) is 11.3 Å². The molecule has 68 valence electrons. The van der Waals surface area contributed by atoms with Crippen LogP contribution in [0.3, 0.4) is 0 Å². The van der Waals surface area contributed by atoms with Gasteiger partial charge in [0.1, 0.15) is 0 Å². The van der Waals surface area contributed by atoms with Gasteiger partial charge in [0.05, 0.1) is 0 Å². The van der Waals surface area contributed by atoms with Gasteiger partial charge in [-0.1, -0.05) is 13.8 Å². The topological polar surface area (TPSA) is 20.3 Å². The van der Waals surface area contributed by atoms with Crippen molar-refractivity contribution in [1.29, 1.82) is 0 Å². The molecule has 2 heteroatoms. The molecule has 0 bridgehead atoms. The van der Waals surface area contributed by atoms with Gasteiger partial charge in [-0.25, -0.2) is 0 Å². The number of rotatable bonds is 2. The van der Waals surface area contributed by atoms with Gasteiger partial charge < -0.3 is 4.90 Å². The molecule has 1 amide bonds. The summed E-state index contributed by atoms with van der Waals surface area (Å²) in [5.41, 5.74) is 0.388. The van der Waals surface area contributed by atoms with Crippen LogP contribution < -0.4 is 0 Å². The number of amides is 1. The SMILES string of the molecule is CC1(C)CN(C(=O)CC2CC2)C1. The van der Waals surface area contributed by atoms with Crippen molar-refractivity contribution in [3.05, 3.63) is 0 Å². The summed E-state index contributed by atoms with van der Waals surface area (Å²) in [7, 11) is 0. The summed E-state index contributed by atoms with van der Waals surface area (Å²) in [5, 5.41) is 0. The molecule has 2 aliphatic rings. The molecule has 1 aliphatic heterocycles. The number of nitrogens with zero attached hydrogens (tertiary/aromatic N) is 1. The van der Waals surface area contributed by atoms with Crippen LogP contribution in [0.4, 0.5) is 0 Å². The molecule has 0 N–H and O–H groups in total. The summed E-state index contributed by atoms with van der Waals surface area (Å²) in [6.45, 7) is 6.37. The minimum Gasteiger partial charge on any atom is -0.341 e. The molecular formula is C10H17NO. The lowest BCUT2D eigenvalue weighted by Gasteiger charge is -2.45. The molecule has 2 rings (SSSR count). The number of hydrogen-bond acceptors (Lipinski definition) is 1. The Bertz CT molecular complexity index is 198. The molecule has 0 spiro atoms. The van der Waals surface area contributed by atoms with Crippen molar-refractivity contribution in [3.8, 4) is 0 Å². The van der Waals surface area contributed by atoms with E-state index in [9.17, 15) is 4.79 Å². The van der Waals surface area contributed by atoms with Gasteiger partial charge in [0.2, 0.25) is 5.91 Å². The van der Waals surface area contributed by atoms with E-state index in [4.69, 9.17) is 0 Å². The molecule has 0 aromatic heterocycles. The minimum atomic E-state index is 0.386. The molecule has 1 saturated carbocycles. The highest BCUT2D eigenvalue weighted by molar-refractivity contribution is 5.77. The second kappa shape index (κ2) is 2.48. The van der Waals surface area contributed by atoms with Crippen molar-refractivity contribution in [1.82, 2.24) is 4.90 Å². The average molecular weight is 167 g/mol. The fourth-order valence-electron chi connectivity index (χ4n) is 1.86. The Morgan fingerprint density at radius 1 is 1.42 bits per heavy atom. The maximum Gasteiger partial charge on any atom is 0.222 e. The third-order valence-corrected chi connectivity index (χ3v) is 2.75. The first-order valence-corrected chi connectivity index (χ1v) is 4.85. The van der Waals surface area contributed by atoms with Crippen molar-refractivity contribution < 1.29 is 4.79 Å². The van der Waals surface area contributed by atoms with E-state index in [1.807, 2.05) is 4.90 Å². The van der Waals surface area contributed by atoms with Crippen LogP contribution in [-0.4, -0.2) is 23.9 Å². The molecule has 2 fully saturated rings. The highest BCUT2D eigenvalue weighted by Gasteiger charge is 2.38. The predicted octanol–water partition coefficient (Wildman–Crippen LogP) is 1.65. The second-order valence-corrected chi connectivity index (χ2v) is 5.06. The zero-order chi connectivity index (χ0) is 8.77. The molecule has 2 nitrogen and oxygen atoms in total. The standard InChI is InChI=1S/C10H17NO/c1-10(2)6-11(7-10)9(12)5-8-3-4-8/h8H,3-7H2,1-2H3. The van der Waals surface area contributed by atoms with E-state index in [1.165, 1.54) is 12.8 Å². The Balaban J connectivity index is 1.75. The van der Waals surface area contributed by atoms with Crippen molar-refractivity contribution in [2.45, 2.75) is 33.1 Å². The minimum absolute atomic E-state index is 0.386. The van der Waals surface area contributed by atoms with Gasteiger partial charge in [0, 0.05) is 19.5 Å². The normalized spacial score (nSPS) is 26.7. The summed E-state index contributed by atoms with van der Waals surface area (Å²) >= 11 is 0. The molecule has 1 saturated heterocycles. The molecule has 12 heavy (non-hydrogen) atoms. The maximum atomic E-state index is 11.5. The fourth-order valence-corrected chi connectivity index (χ4v) is 1.86. The Labute approximate surface area is 73.9 Å². The van der Waals surface area contributed by atoms with Gasteiger partial charge in [0.25, 0.3) is 0 Å². The number of carbonyl (C=O) groups is 1. The molecule has 0 radical (unpaired) electrons. The first-order chi connectivity index (χ1) is 5.57. The van der Waals surface area contributed by atoms with Gasteiger partial charge in [0.15, 0.2) is 0 Å². The van der Waals surface area contributed by atoms with Crippen LogP contribution >= 0.6 is 0 Å². The van der Waals surface area contributed by atoms with Gasteiger partial charge >= 0.3 is 0 Å². The fraction of sp³-hybridized carbons (Fsp3) is 0.900. The molecular weight excluding hydrogens is 150 g/mol. The maximum absolute atomic E-state index is 11.5. The van der Waals surface area contributed by atoms with Crippen LogP contribution in [0.5, 0.6) is 0 Å². The number of carbonyl (C=O) groups excluding carboxylic acids is 1. The first kappa shape index (κ1) is 8.09. The summed E-state index contributed by atoms with van der Waals surface area (Å²) < 4.78 is 0. The van der Waals surface area contributed by atoms with E-state index in [0.29, 0.717) is 11.3 Å². The van der Waals surface area contributed by atoms with E-state index in [0.717, 1.165) is 25.4 Å². The zero-order valence-electron chi connectivity index (χ0n) is 7.97. The van der Waals surface area contributed by atoms with Gasteiger partial charge in [-0.15, -0.1) is 0 Å². The van der Waals surface area contributed by atoms with Crippen LogP contribution in [0.25, 0.3) is 0 Å². The largest absolute Gasteiger partial charge is 0.341 e.